The molecule has 29 heavy (non-hydrogen) atoms. The van der Waals surface area contributed by atoms with E-state index in [4.69, 9.17) is 0 Å². The van der Waals surface area contributed by atoms with Crippen LogP contribution < -0.4 is 0 Å². The molecule has 0 radical (unpaired) electrons. The number of aromatic nitrogens is 2. The van der Waals surface area contributed by atoms with Crippen molar-refractivity contribution in [1.29, 1.82) is 0 Å². The van der Waals surface area contributed by atoms with Crippen LogP contribution in [-0.2, 0) is 16.3 Å². The molecular weight excluding hydrogens is 401 g/mol. The van der Waals surface area contributed by atoms with Gasteiger partial charge in [0, 0.05) is 17.5 Å². The van der Waals surface area contributed by atoms with Gasteiger partial charge in [-0.2, -0.15) is 13.2 Å². The third kappa shape index (κ3) is 6.80. The first-order valence-electron chi connectivity index (χ1n) is 9.99. The van der Waals surface area contributed by atoms with Crippen molar-refractivity contribution >= 4 is 9.84 Å². The Hall–Kier alpha value is -1.96. The molecular formula is C21H27F3N2O2S. The normalized spacial score (nSPS) is 12.3. The van der Waals surface area contributed by atoms with E-state index in [1.165, 1.54) is 50.7 Å². The van der Waals surface area contributed by atoms with E-state index in [0.717, 1.165) is 37.1 Å². The summed E-state index contributed by atoms with van der Waals surface area (Å²) in [5.41, 5.74) is -3.97. The van der Waals surface area contributed by atoms with Crippen molar-refractivity contribution in [1.82, 2.24) is 9.97 Å². The molecule has 160 valence electrons. The van der Waals surface area contributed by atoms with Crippen LogP contribution in [0.5, 0.6) is 0 Å². The maximum atomic E-state index is 12.6. The van der Waals surface area contributed by atoms with Gasteiger partial charge in [-0.1, -0.05) is 51.9 Å². The fourth-order valence-electron chi connectivity index (χ4n) is 3.03. The zero-order valence-electron chi connectivity index (χ0n) is 16.6. The second-order valence-corrected chi connectivity index (χ2v) is 9.01. The van der Waals surface area contributed by atoms with E-state index < -0.39 is 20.2 Å². The predicted molar refractivity (Wildman–Crippen MR) is 107 cm³/mol. The van der Waals surface area contributed by atoms with E-state index in [2.05, 4.69) is 16.9 Å². The Morgan fingerprint density at radius 1 is 0.862 bits per heavy atom. The minimum absolute atomic E-state index is 0.373. The van der Waals surface area contributed by atoms with Gasteiger partial charge in [-0.05, 0) is 43.2 Å². The molecule has 2 rings (SSSR count). The molecule has 0 saturated carbocycles. The first-order valence-corrected chi connectivity index (χ1v) is 11.5. The van der Waals surface area contributed by atoms with Crippen molar-refractivity contribution in [3.05, 3.63) is 42.2 Å². The summed E-state index contributed by atoms with van der Waals surface area (Å²) in [7, 11) is -5.35. The molecule has 1 aromatic carbocycles. The fraction of sp³-hybridized carbons (Fsp3) is 0.524. The summed E-state index contributed by atoms with van der Waals surface area (Å²) >= 11 is 0. The molecule has 2 aromatic rings. The third-order valence-corrected chi connectivity index (χ3v) is 6.23. The second-order valence-electron chi connectivity index (χ2n) is 7.07. The quantitative estimate of drug-likeness (QED) is 0.405. The van der Waals surface area contributed by atoms with Crippen molar-refractivity contribution < 1.29 is 21.6 Å². The van der Waals surface area contributed by atoms with Gasteiger partial charge in [0.15, 0.2) is 5.82 Å². The molecule has 0 bridgehead atoms. The van der Waals surface area contributed by atoms with Gasteiger partial charge in [-0.25, -0.2) is 18.4 Å². The molecule has 0 amide bonds. The molecule has 0 aliphatic heterocycles. The number of hydrogen-bond acceptors (Lipinski definition) is 4. The molecule has 4 nitrogen and oxygen atoms in total. The Labute approximate surface area is 170 Å². The number of unbranched alkanes of at least 4 members (excludes halogenated alkanes) is 7. The van der Waals surface area contributed by atoms with Crippen molar-refractivity contribution in [2.75, 3.05) is 0 Å². The molecule has 0 atom stereocenters. The predicted octanol–water partition coefficient (Wildman–Crippen LogP) is 6.12. The molecule has 0 spiro atoms. The Kier molecular flexibility index (Phi) is 8.61. The van der Waals surface area contributed by atoms with Crippen LogP contribution in [0.4, 0.5) is 13.2 Å². The smallest absolute Gasteiger partial charge is 0.237 e. The largest absolute Gasteiger partial charge is 0.501 e. The van der Waals surface area contributed by atoms with E-state index in [-0.39, 0.29) is 0 Å². The first-order chi connectivity index (χ1) is 13.8. The van der Waals surface area contributed by atoms with Gasteiger partial charge in [0.05, 0.1) is 4.90 Å². The minimum atomic E-state index is -5.35. The highest BCUT2D eigenvalue weighted by Crippen LogP contribution is 2.31. The highest BCUT2D eigenvalue weighted by Gasteiger charge is 2.46. The summed E-state index contributed by atoms with van der Waals surface area (Å²) in [6.07, 6.45) is 12.2. The van der Waals surface area contributed by atoms with Crippen LogP contribution in [0.15, 0.2) is 41.4 Å². The van der Waals surface area contributed by atoms with Crippen molar-refractivity contribution in [2.45, 2.75) is 75.1 Å². The summed E-state index contributed by atoms with van der Waals surface area (Å²) in [5, 5.41) is 0. The first kappa shape index (κ1) is 23.3. The van der Waals surface area contributed by atoms with Crippen LogP contribution in [0, 0.1) is 0 Å². The van der Waals surface area contributed by atoms with Gasteiger partial charge in [-0.15, -0.1) is 0 Å². The highest BCUT2D eigenvalue weighted by molar-refractivity contribution is 7.92. The molecule has 0 aliphatic carbocycles. The van der Waals surface area contributed by atoms with Gasteiger partial charge in [0.25, 0.3) is 9.84 Å². The number of rotatable bonds is 11. The molecule has 0 N–H and O–H groups in total. The summed E-state index contributed by atoms with van der Waals surface area (Å²) in [6, 6.07) is 6.30. The maximum absolute atomic E-state index is 12.6. The number of benzene rings is 1. The lowest BCUT2D eigenvalue weighted by molar-refractivity contribution is -0.0436. The Bertz CT molecular complexity index is 866. The SMILES string of the molecule is CCCCCCCCCCc1ccnc(-c2ccc(S(=O)(=O)C(F)(F)F)cc2)n1. The van der Waals surface area contributed by atoms with Gasteiger partial charge >= 0.3 is 5.51 Å². The number of halogens is 3. The molecule has 8 heteroatoms. The van der Waals surface area contributed by atoms with Crippen LogP contribution in [0.25, 0.3) is 11.4 Å². The van der Waals surface area contributed by atoms with Crippen LogP contribution in [-0.4, -0.2) is 23.9 Å². The lowest BCUT2D eigenvalue weighted by Gasteiger charge is -2.09. The Morgan fingerprint density at radius 2 is 1.45 bits per heavy atom. The summed E-state index contributed by atoms with van der Waals surface area (Å²) in [6.45, 7) is 2.20. The highest BCUT2D eigenvalue weighted by atomic mass is 32.2. The fourth-order valence-corrected chi connectivity index (χ4v) is 3.79. The lowest BCUT2D eigenvalue weighted by atomic mass is 10.1. The van der Waals surface area contributed by atoms with Crippen molar-refractivity contribution in [2.24, 2.45) is 0 Å². The van der Waals surface area contributed by atoms with E-state index in [1.807, 2.05) is 6.07 Å². The summed E-state index contributed by atoms with van der Waals surface area (Å²) in [4.78, 5) is 7.82. The van der Waals surface area contributed by atoms with Crippen molar-refractivity contribution in [3.8, 4) is 11.4 Å². The van der Waals surface area contributed by atoms with Crippen molar-refractivity contribution in [3.63, 3.8) is 0 Å². The maximum Gasteiger partial charge on any atom is 0.501 e. The number of sulfone groups is 1. The molecule has 0 saturated heterocycles. The standard InChI is InChI=1S/C21H27F3N2O2S/c1-2-3-4-5-6-7-8-9-10-18-15-16-25-20(26-18)17-11-13-19(14-12-17)29(27,28)21(22,23)24/h11-16H,2-10H2,1H3. The van der Waals surface area contributed by atoms with E-state index in [1.54, 1.807) is 6.20 Å². The van der Waals surface area contributed by atoms with Gasteiger partial charge in [-0.3, -0.25) is 0 Å². The van der Waals surface area contributed by atoms with Gasteiger partial charge < -0.3 is 0 Å². The monoisotopic (exact) mass is 428 g/mol. The van der Waals surface area contributed by atoms with E-state index in [0.29, 0.717) is 11.4 Å². The Balaban J connectivity index is 1.92. The van der Waals surface area contributed by atoms with E-state index in [9.17, 15) is 21.6 Å². The average molecular weight is 429 g/mol. The molecule has 0 aliphatic rings. The van der Waals surface area contributed by atoms with Crippen LogP contribution in [0.2, 0.25) is 0 Å². The molecule has 0 fully saturated rings. The average Bonchev–Trinajstić information content (AvgIpc) is 2.69. The molecule has 1 aromatic heterocycles. The summed E-state index contributed by atoms with van der Waals surface area (Å²) in [5.74, 6) is 0.373. The second kappa shape index (κ2) is 10.7. The zero-order chi connectivity index (χ0) is 21.3. The van der Waals surface area contributed by atoms with Crippen LogP contribution in [0.1, 0.15) is 64.0 Å². The number of nitrogens with zero attached hydrogens (tertiary/aromatic N) is 2. The minimum Gasteiger partial charge on any atom is -0.237 e. The molecule has 1 heterocycles. The van der Waals surface area contributed by atoms with Crippen LogP contribution >= 0.6 is 0 Å². The summed E-state index contributed by atoms with van der Waals surface area (Å²) < 4.78 is 60.8. The lowest BCUT2D eigenvalue weighted by Crippen LogP contribution is -2.23. The number of hydrogen-bond donors (Lipinski definition) is 0. The van der Waals surface area contributed by atoms with Crippen LogP contribution in [0.3, 0.4) is 0 Å². The van der Waals surface area contributed by atoms with Gasteiger partial charge in [0.1, 0.15) is 0 Å². The third-order valence-electron chi connectivity index (χ3n) is 4.73. The Morgan fingerprint density at radius 3 is 2.03 bits per heavy atom. The number of alkyl halides is 3. The van der Waals surface area contributed by atoms with E-state index >= 15 is 0 Å². The van der Waals surface area contributed by atoms with Gasteiger partial charge in [0.2, 0.25) is 0 Å². The zero-order valence-corrected chi connectivity index (χ0v) is 17.4. The topological polar surface area (TPSA) is 59.9 Å². The molecule has 0 unspecified atom stereocenters. The number of aryl methyl sites for hydroxylation is 1.